The molecule has 3 rings (SSSR count). The topological polar surface area (TPSA) is 58.6 Å². The van der Waals surface area contributed by atoms with E-state index in [4.69, 9.17) is 9.84 Å². The van der Waals surface area contributed by atoms with Crippen LogP contribution in [0.4, 0.5) is 5.69 Å². The second-order valence-electron chi connectivity index (χ2n) is 4.81. The van der Waals surface area contributed by atoms with E-state index in [0.717, 1.165) is 25.1 Å². The molecule has 0 atom stereocenters. The Morgan fingerprint density at radius 3 is 2.88 bits per heavy atom. The molecule has 0 aromatic carbocycles. The molecule has 2 heterocycles. The van der Waals surface area contributed by atoms with Crippen molar-refractivity contribution >= 4 is 23.0 Å². The fraction of sp³-hybridized carbons (Fsp3) is 0.583. The number of carboxylic acid groups (broad SMARTS) is 1. The van der Waals surface area contributed by atoms with E-state index in [0.29, 0.717) is 10.6 Å². The van der Waals surface area contributed by atoms with Crippen LogP contribution in [0.1, 0.15) is 41.8 Å². The second kappa shape index (κ2) is 3.91. The second-order valence-corrected chi connectivity index (χ2v) is 5.69. The number of hydrogen-bond acceptors (Lipinski definition) is 4. The lowest BCUT2D eigenvalue weighted by Gasteiger charge is -2.41. The molecule has 2 N–H and O–H groups in total. The van der Waals surface area contributed by atoms with E-state index in [1.807, 2.05) is 5.38 Å². The summed E-state index contributed by atoms with van der Waals surface area (Å²) in [7, 11) is 0. The number of rotatable bonds is 1. The van der Waals surface area contributed by atoms with Gasteiger partial charge in [0.2, 0.25) is 0 Å². The van der Waals surface area contributed by atoms with Gasteiger partial charge in [-0.05, 0) is 25.7 Å². The van der Waals surface area contributed by atoms with Crippen molar-refractivity contribution in [1.29, 1.82) is 0 Å². The number of fused-ring (bicyclic) bond motifs is 1. The van der Waals surface area contributed by atoms with Crippen molar-refractivity contribution in [3.63, 3.8) is 0 Å². The molecule has 1 fully saturated rings. The van der Waals surface area contributed by atoms with E-state index < -0.39 is 5.97 Å². The fourth-order valence-corrected chi connectivity index (χ4v) is 3.49. The molecule has 1 aromatic heterocycles. The highest BCUT2D eigenvalue weighted by atomic mass is 32.1. The first-order valence-electron chi connectivity index (χ1n) is 5.98. The molecule has 1 aliphatic carbocycles. The van der Waals surface area contributed by atoms with Gasteiger partial charge in [0.1, 0.15) is 5.60 Å². The van der Waals surface area contributed by atoms with Gasteiger partial charge in [0.15, 0.2) is 10.6 Å². The summed E-state index contributed by atoms with van der Waals surface area (Å²) in [5.41, 5.74) is 0.667. The monoisotopic (exact) mass is 253 g/mol. The average molecular weight is 253 g/mol. The highest BCUT2D eigenvalue weighted by Crippen LogP contribution is 2.44. The van der Waals surface area contributed by atoms with Gasteiger partial charge in [-0.25, -0.2) is 4.79 Å². The van der Waals surface area contributed by atoms with E-state index >= 15 is 0 Å². The summed E-state index contributed by atoms with van der Waals surface area (Å²) in [5.74, 6) is -0.346. The van der Waals surface area contributed by atoms with Gasteiger partial charge in [0.25, 0.3) is 0 Å². The normalized spacial score (nSPS) is 21.4. The quantitative estimate of drug-likeness (QED) is 0.808. The Bertz CT molecular complexity index is 449. The Balaban J connectivity index is 1.92. The zero-order valence-electron chi connectivity index (χ0n) is 9.49. The lowest BCUT2D eigenvalue weighted by Crippen LogP contribution is -2.47. The van der Waals surface area contributed by atoms with Crippen LogP contribution in [0.15, 0.2) is 5.38 Å². The molecular formula is C12H15NO3S. The third-order valence-corrected chi connectivity index (χ3v) is 4.57. The van der Waals surface area contributed by atoms with Crippen LogP contribution in [-0.2, 0) is 0 Å². The minimum atomic E-state index is -0.897. The minimum absolute atomic E-state index is 0.170. The number of nitrogens with one attached hydrogen (secondary N) is 1. The predicted octanol–water partition coefficient (Wildman–Crippen LogP) is 2.95. The summed E-state index contributed by atoms with van der Waals surface area (Å²) in [5, 5.41) is 14.3. The lowest BCUT2D eigenvalue weighted by atomic mass is 9.84. The molecular weight excluding hydrogens is 238 g/mol. The summed E-state index contributed by atoms with van der Waals surface area (Å²) in [6, 6.07) is 0. The molecule has 1 saturated carbocycles. The molecule has 0 saturated heterocycles. The van der Waals surface area contributed by atoms with Crippen LogP contribution in [0.5, 0.6) is 5.75 Å². The predicted molar refractivity (Wildman–Crippen MR) is 66.2 cm³/mol. The zero-order chi connectivity index (χ0) is 11.9. The molecule has 1 aliphatic heterocycles. The van der Waals surface area contributed by atoms with Crippen molar-refractivity contribution < 1.29 is 14.6 Å². The summed E-state index contributed by atoms with van der Waals surface area (Å²) in [4.78, 5) is 11.4. The van der Waals surface area contributed by atoms with Crippen LogP contribution in [0.3, 0.4) is 0 Å². The Labute approximate surface area is 104 Å². The van der Waals surface area contributed by atoms with Gasteiger partial charge in [-0.15, -0.1) is 11.3 Å². The largest absolute Gasteiger partial charge is 0.481 e. The molecule has 0 amide bonds. The van der Waals surface area contributed by atoms with Gasteiger partial charge < -0.3 is 15.2 Å². The average Bonchev–Trinajstić information content (AvgIpc) is 2.72. The molecule has 92 valence electrons. The van der Waals surface area contributed by atoms with Crippen molar-refractivity contribution in [2.75, 3.05) is 11.9 Å². The Morgan fingerprint density at radius 1 is 1.41 bits per heavy atom. The van der Waals surface area contributed by atoms with Gasteiger partial charge in [-0.2, -0.15) is 0 Å². The van der Waals surface area contributed by atoms with Gasteiger partial charge in [0.05, 0.1) is 12.2 Å². The summed E-state index contributed by atoms with van der Waals surface area (Å²) >= 11 is 1.23. The number of ether oxygens (including phenoxy) is 1. The molecule has 17 heavy (non-hydrogen) atoms. The molecule has 0 radical (unpaired) electrons. The zero-order valence-corrected chi connectivity index (χ0v) is 10.3. The van der Waals surface area contributed by atoms with Gasteiger partial charge in [-0.1, -0.05) is 6.42 Å². The van der Waals surface area contributed by atoms with E-state index in [-0.39, 0.29) is 5.60 Å². The molecule has 4 nitrogen and oxygen atoms in total. The first kappa shape index (κ1) is 10.9. The molecule has 0 bridgehead atoms. The van der Waals surface area contributed by atoms with E-state index in [2.05, 4.69) is 5.32 Å². The van der Waals surface area contributed by atoms with E-state index in [1.54, 1.807) is 0 Å². The van der Waals surface area contributed by atoms with Crippen LogP contribution in [-0.4, -0.2) is 23.2 Å². The Morgan fingerprint density at radius 2 is 2.18 bits per heavy atom. The van der Waals surface area contributed by atoms with Gasteiger partial charge in [-0.3, -0.25) is 0 Å². The number of aromatic carboxylic acids is 1. The summed E-state index contributed by atoms with van der Waals surface area (Å²) in [6.45, 7) is 0.801. The number of carbonyl (C=O) groups is 1. The number of thiophene rings is 1. The maximum atomic E-state index is 11.1. The van der Waals surface area contributed by atoms with Crippen molar-refractivity contribution in [2.24, 2.45) is 0 Å². The maximum absolute atomic E-state index is 11.1. The smallest absolute Gasteiger partial charge is 0.349 e. The first-order chi connectivity index (χ1) is 8.20. The molecule has 1 aromatic rings. The van der Waals surface area contributed by atoms with Gasteiger partial charge in [0, 0.05) is 5.38 Å². The van der Waals surface area contributed by atoms with Gasteiger partial charge >= 0.3 is 5.97 Å². The van der Waals surface area contributed by atoms with E-state index in [9.17, 15) is 4.79 Å². The highest BCUT2D eigenvalue weighted by molar-refractivity contribution is 7.13. The third-order valence-electron chi connectivity index (χ3n) is 3.62. The van der Waals surface area contributed by atoms with Crippen LogP contribution in [0.25, 0.3) is 0 Å². The van der Waals surface area contributed by atoms with Crippen molar-refractivity contribution in [1.82, 2.24) is 0 Å². The molecule has 5 heteroatoms. The summed E-state index contributed by atoms with van der Waals surface area (Å²) < 4.78 is 6.06. The minimum Gasteiger partial charge on any atom is -0.481 e. The summed E-state index contributed by atoms with van der Waals surface area (Å²) in [6.07, 6.45) is 5.64. The van der Waals surface area contributed by atoms with Crippen LogP contribution in [0.2, 0.25) is 0 Å². The fourth-order valence-electron chi connectivity index (χ4n) is 2.70. The van der Waals surface area contributed by atoms with Crippen LogP contribution in [0, 0.1) is 0 Å². The lowest BCUT2D eigenvalue weighted by molar-refractivity contribution is 0.0353. The number of hydrogen-bond donors (Lipinski definition) is 2. The first-order valence-corrected chi connectivity index (χ1v) is 6.86. The maximum Gasteiger partial charge on any atom is 0.349 e. The number of carboxylic acids is 1. The molecule has 2 aliphatic rings. The van der Waals surface area contributed by atoms with Crippen molar-refractivity contribution in [2.45, 2.75) is 37.7 Å². The van der Waals surface area contributed by atoms with E-state index in [1.165, 1.54) is 30.6 Å². The highest BCUT2D eigenvalue weighted by Gasteiger charge is 2.39. The molecule has 0 unspecified atom stereocenters. The standard InChI is InChI=1S/C12H15NO3S/c14-11(15)10-9-8(6-17-10)13-7-12(16-9)4-2-1-3-5-12/h6,13H,1-5,7H2,(H,14,15). The third kappa shape index (κ3) is 1.78. The SMILES string of the molecule is O=C(O)c1scc2c1OC1(CCCCC1)CN2. The van der Waals surface area contributed by atoms with Crippen LogP contribution >= 0.6 is 11.3 Å². The number of anilines is 1. The van der Waals surface area contributed by atoms with Crippen molar-refractivity contribution in [3.05, 3.63) is 10.3 Å². The Hall–Kier alpha value is -1.23. The van der Waals surface area contributed by atoms with Crippen molar-refractivity contribution in [3.8, 4) is 5.75 Å². The Kier molecular flexibility index (Phi) is 2.50. The molecule has 1 spiro atoms. The van der Waals surface area contributed by atoms with Crippen LogP contribution < -0.4 is 10.1 Å².